The fraction of sp³-hybridized carbons (Fsp3) is 0.529. The lowest BCUT2D eigenvalue weighted by atomic mass is 9.75. The average molecular weight is 257 g/mol. The molecule has 1 saturated carbocycles. The van der Waals surface area contributed by atoms with Crippen LogP contribution in [0.4, 0.5) is 0 Å². The molecule has 1 aromatic carbocycles. The monoisotopic (exact) mass is 257 g/mol. The van der Waals surface area contributed by atoms with Gasteiger partial charge in [-0.1, -0.05) is 31.4 Å². The van der Waals surface area contributed by atoms with E-state index in [1.54, 1.807) is 7.11 Å². The van der Waals surface area contributed by atoms with Crippen LogP contribution >= 0.6 is 0 Å². The van der Waals surface area contributed by atoms with Crippen LogP contribution in [0.15, 0.2) is 24.3 Å². The van der Waals surface area contributed by atoms with Gasteiger partial charge in [-0.2, -0.15) is 0 Å². The van der Waals surface area contributed by atoms with Crippen LogP contribution in [0.5, 0.6) is 5.75 Å². The van der Waals surface area contributed by atoms with Gasteiger partial charge in [0, 0.05) is 6.04 Å². The molecule has 19 heavy (non-hydrogen) atoms. The number of methoxy groups -OCH3 is 1. The molecule has 2 nitrogen and oxygen atoms in total. The van der Waals surface area contributed by atoms with Crippen LogP contribution in [0.2, 0.25) is 0 Å². The van der Waals surface area contributed by atoms with Gasteiger partial charge in [0.15, 0.2) is 0 Å². The first-order chi connectivity index (χ1) is 9.26. The SMILES string of the molecule is C#CC(CCC)NC1CC(c2cccc(OC)c2)C1. The maximum atomic E-state index is 5.54. The molecule has 1 aliphatic carbocycles. The summed E-state index contributed by atoms with van der Waals surface area (Å²) in [4.78, 5) is 0. The molecule has 0 saturated heterocycles. The van der Waals surface area contributed by atoms with Crippen LogP contribution < -0.4 is 10.1 Å². The molecule has 2 rings (SSSR count). The minimum absolute atomic E-state index is 0.237. The van der Waals surface area contributed by atoms with E-state index in [0.29, 0.717) is 12.0 Å². The Morgan fingerprint density at radius 2 is 2.26 bits per heavy atom. The Hall–Kier alpha value is -1.46. The van der Waals surface area contributed by atoms with Crippen molar-refractivity contribution in [3.63, 3.8) is 0 Å². The van der Waals surface area contributed by atoms with Crippen LogP contribution in [-0.4, -0.2) is 19.2 Å². The summed E-state index contributed by atoms with van der Waals surface area (Å²) in [5.74, 6) is 4.44. The van der Waals surface area contributed by atoms with Crippen LogP contribution in [0.25, 0.3) is 0 Å². The van der Waals surface area contributed by atoms with E-state index in [1.807, 2.05) is 6.07 Å². The lowest BCUT2D eigenvalue weighted by Gasteiger charge is -2.38. The highest BCUT2D eigenvalue weighted by Gasteiger charge is 2.31. The maximum absolute atomic E-state index is 5.54. The van der Waals surface area contributed by atoms with Gasteiger partial charge in [-0.05, 0) is 42.9 Å². The third-order valence-corrected chi connectivity index (χ3v) is 3.92. The van der Waals surface area contributed by atoms with Gasteiger partial charge in [0.2, 0.25) is 0 Å². The molecule has 1 aromatic rings. The van der Waals surface area contributed by atoms with Crippen molar-refractivity contribution in [1.29, 1.82) is 0 Å². The second-order valence-electron chi connectivity index (χ2n) is 5.32. The Morgan fingerprint density at radius 3 is 2.89 bits per heavy atom. The summed E-state index contributed by atoms with van der Waals surface area (Å²) >= 11 is 0. The molecule has 0 aliphatic heterocycles. The van der Waals surface area contributed by atoms with Crippen LogP contribution in [0.1, 0.15) is 44.1 Å². The molecule has 1 unspecified atom stereocenters. The zero-order valence-electron chi connectivity index (χ0n) is 11.9. The number of hydrogen-bond donors (Lipinski definition) is 1. The van der Waals surface area contributed by atoms with E-state index in [2.05, 4.69) is 36.4 Å². The molecule has 1 fully saturated rings. The highest BCUT2D eigenvalue weighted by molar-refractivity contribution is 5.32. The van der Waals surface area contributed by atoms with E-state index < -0.39 is 0 Å². The second kappa shape index (κ2) is 6.63. The summed E-state index contributed by atoms with van der Waals surface area (Å²) in [6.45, 7) is 2.17. The maximum Gasteiger partial charge on any atom is 0.119 e. The van der Waals surface area contributed by atoms with E-state index in [-0.39, 0.29) is 6.04 Å². The number of hydrogen-bond acceptors (Lipinski definition) is 2. The molecule has 0 bridgehead atoms. The molecular weight excluding hydrogens is 234 g/mol. The van der Waals surface area contributed by atoms with E-state index in [9.17, 15) is 0 Å². The summed E-state index contributed by atoms with van der Waals surface area (Å²) in [6.07, 6.45) is 10.1. The van der Waals surface area contributed by atoms with Crippen molar-refractivity contribution in [2.75, 3.05) is 7.11 Å². The number of terminal acetylenes is 1. The third-order valence-electron chi connectivity index (χ3n) is 3.92. The fourth-order valence-corrected chi connectivity index (χ4v) is 2.71. The van der Waals surface area contributed by atoms with Crippen molar-refractivity contribution in [2.24, 2.45) is 0 Å². The largest absolute Gasteiger partial charge is 0.497 e. The Kier molecular flexibility index (Phi) is 4.87. The molecule has 1 atom stereocenters. The van der Waals surface area contributed by atoms with Gasteiger partial charge in [0.05, 0.1) is 13.2 Å². The minimum atomic E-state index is 0.237. The third kappa shape index (κ3) is 3.52. The predicted molar refractivity (Wildman–Crippen MR) is 79.4 cm³/mol. The molecule has 102 valence electrons. The quantitative estimate of drug-likeness (QED) is 0.789. The van der Waals surface area contributed by atoms with Crippen LogP contribution in [0.3, 0.4) is 0 Å². The Bertz CT molecular complexity index is 443. The average Bonchev–Trinajstić information content (AvgIpc) is 2.41. The first-order valence-corrected chi connectivity index (χ1v) is 7.13. The molecule has 0 amide bonds. The van der Waals surface area contributed by atoms with E-state index in [1.165, 1.54) is 18.4 Å². The van der Waals surface area contributed by atoms with Gasteiger partial charge in [-0.15, -0.1) is 6.42 Å². The summed E-state index contributed by atoms with van der Waals surface area (Å²) in [5.41, 5.74) is 1.38. The zero-order valence-corrected chi connectivity index (χ0v) is 11.9. The van der Waals surface area contributed by atoms with Gasteiger partial charge in [0.25, 0.3) is 0 Å². The molecule has 0 spiro atoms. The number of benzene rings is 1. The lowest BCUT2D eigenvalue weighted by molar-refractivity contribution is 0.275. The van der Waals surface area contributed by atoms with Gasteiger partial charge >= 0.3 is 0 Å². The molecule has 0 heterocycles. The van der Waals surface area contributed by atoms with Gasteiger partial charge < -0.3 is 10.1 Å². The normalized spacial score (nSPS) is 23.2. The van der Waals surface area contributed by atoms with Crippen molar-refractivity contribution in [1.82, 2.24) is 5.32 Å². The van der Waals surface area contributed by atoms with Crippen molar-refractivity contribution >= 4 is 0 Å². The predicted octanol–water partition coefficient (Wildman–Crippen LogP) is 3.33. The fourth-order valence-electron chi connectivity index (χ4n) is 2.71. The number of nitrogens with one attached hydrogen (secondary N) is 1. The second-order valence-corrected chi connectivity index (χ2v) is 5.32. The van der Waals surface area contributed by atoms with Crippen LogP contribution in [0, 0.1) is 12.3 Å². The van der Waals surface area contributed by atoms with Crippen molar-refractivity contribution in [2.45, 2.75) is 50.6 Å². The summed E-state index contributed by atoms with van der Waals surface area (Å²) in [6, 6.07) is 9.20. The molecule has 0 radical (unpaired) electrons. The topological polar surface area (TPSA) is 21.3 Å². The zero-order chi connectivity index (χ0) is 13.7. The van der Waals surface area contributed by atoms with Crippen molar-refractivity contribution < 1.29 is 4.74 Å². The van der Waals surface area contributed by atoms with Gasteiger partial charge in [-0.25, -0.2) is 0 Å². The summed E-state index contributed by atoms with van der Waals surface area (Å²) < 4.78 is 5.27. The summed E-state index contributed by atoms with van der Waals surface area (Å²) in [7, 11) is 1.71. The Labute approximate surface area is 116 Å². The van der Waals surface area contributed by atoms with E-state index >= 15 is 0 Å². The Balaban J connectivity index is 1.84. The molecular formula is C17H23NO. The highest BCUT2D eigenvalue weighted by Crippen LogP contribution is 2.38. The molecule has 2 heteroatoms. The number of ether oxygens (including phenoxy) is 1. The standard InChI is InChI=1S/C17H23NO/c1-4-7-15(5-2)18-16-10-14(11-16)13-8-6-9-17(12-13)19-3/h2,6,8-9,12,14-16,18H,4,7,10-11H2,1,3H3. The molecule has 1 aliphatic rings. The van der Waals surface area contributed by atoms with Gasteiger partial charge in [-0.3, -0.25) is 0 Å². The summed E-state index contributed by atoms with van der Waals surface area (Å²) in [5, 5.41) is 3.57. The first-order valence-electron chi connectivity index (χ1n) is 7.13. The smallest absolute Gasteiger partial charge is 0.119 e. The van der Waals surface area contributed by atoms with Crippen molar-refractivity contribution in [3.05, 3.63) is 29.8 Å². The molecule has 0 aromatic heterocycles. The highest BCUT2D eigenvalue weighted by atomic mass is 16.5. The van der Waals surface area contributed by atoms with Gasteiger partial charge in [0.1, 0.15) is 5.75 Å². The van der Waals surface area contributed by atoms with E-state index in [4.69, 9.17) is 11.2 Å². The molecule has 1 N–H and O–H groups in total. The minimum Gasteiger partial charge on any atom is -0.497 e. The Morgan fingerprint density at radius 1 is 1.47 bits per heavy atom. The van der Waals surface area contributed by atoms with Crippen molar-refractivity contribution in [3.8, 4) is 18.1 Å². The van der Waals surface area contributed by atoms with Crippen LogP contribution in [-0.2, 0) is 0 Å². The first kappa shape index (κ1) is 14.0. The number of rotatable bonds is 6. The van der Waals surface area contributed by atoms with E-state index in [0.717, 1.165) is 18.6 Å². The lowest BCUT2D eigenvalue weighted by Crippen LogP contribution is -2.45.